The van der Waals surface area contributed by atoms with Gasteiger partial charge in [-0.15, -0.1) is 0 Å². The fourth-order valence-corrected chi connectivity index (χ4v) is 4.17. The first-order valence-electron chi connectivity index (χ1n) is 11.8. The van der Waals surface area contributed by atoms with Crippen molar-refractivity contribution in [1.82, 2.24) is 0 Å². The van der Waals surface area contributed by atoms with Crippen molar-refractivity contribution in [3.63, 3.8) is 0 Å². The Balaban J connectivity index is 1.96. The molecular formula is C24H45N2O2+. The predicted octanol–water partition coefficient (Wildman–Crippen LogP) is 7.05. The molecule has 2 unspecified atom stereocenters. The zero-order valence-electron chi connectivity index (χ0n) is 18.8. The van der Waals surface area contributed by atoms with Crippen LogP contribution in [0.5, 0.6) is 0 Å². The van der Waals surface area contributed by atoms with Crippen molar-refractivity contribution in [3.8, 4) is 0 Å². The highest BCUT2D eigenvalue weighted by molar-refractivity contribution is 5.80. The van der Waals surface area contributed by atoms with Crippen molar-refractivity contribution >= 4 is 11.8 Å². The standard InChI is InChI=1S/C24H44N2O2/c1-4-5-6-7-8-9-10-11-12-13-14-15-16-17-18-19-23(24(27)28)26(3)21-20-25-22(26)2/h20-21,23H,4-19H2,1-3H3/p+1. The Morgan fingerprint density at radius 1 is 0.893 bits per heavy atom. The van der Waals surface area contributed by atoms with E-state index in [1.54, 1.807) is 6.20 Å². The van der Waals surface area contributed by atoms with Crippen molar-refractivity contribution in [2.45, 2.75) is 123 Å². The van der Waals surface area contributed by atoms with E-state index in [9.17, 15) is 9.90 Å². The van der Waals surface area contributed by atoms with Crippen molar-refractivity contribution in [2.75, 3.05) is 7.05 Å². The van der Waals surface area contributed by atoms with Crippen LogP contribution >= 0.6 is 0 Å². The molecule has 0 saturated heterocycles. The Hall–Kier alpha value is -1.16. The minimum atomic E-state index is -0.714. The van der Waals surface area contributed by atoms with Crippen molar-refractivity contribution in [3.05, 3.63) is 12.4 Å². The SMILES string of the molecule is CCCCCCCCCCCCCCCCCC(C(=O)O)[N+]1(C)C=CN=C1C. The maximum absolute atomic E-state index is 11.7. The number of carboxylic acid groups (broad SMARTS) is 1. The molecule has 1 heterocycles. The Bertz CT molecular complexity index is 487. The maximum atomic E-state index is 11.7. The Morgan fingerprint density at radius 2 is 1.32 bits per heavy atom. The van der Waals surface area contributed by atoms with E-state index < -0.39 is 12.0 Å². The average molecular weight is 394 g/mol. The third-order valence-corrected chi connectivity index (χ3v) is 6.35. The summed E-state index contributed by atoms with van der Waals surface area (Å²) in [5.41, 5.74) is 0. The third kappa shape index (κ3) is 9.36. The van der Waals surface area contributed by atoms with Crippen LogP contribution in [0.4, 0.5) is 0 Å². The first-order chi connectivity index (χ1) is 13.5. The highest BCUT2D eigenvalue weighted by atomic mass is 16.4. The minimum Gasteiger partial charge on any atom is -0.477 e. The molecule has 0 spiro atoms. The van der Waals surface area contributed by atoms with Gasteiger partial charge >= 0.3 is 5.97 Å². The second-order valence-corrected chi connectivity index (χ2v) is 8.71. The van der Waals surface area contributed by atoms with Crippen LogP contribution in [0.15, 0.2) is 17.4 Å². The smallest absolute Gasteiger partial charge is 0.363 e. The molecule has 0 radical (unpaired) electrons. The van der Waals surface area contributed by atoms with Gasteiger partial charge in [-0.2, -0.15) is 0 Å². The van der Waals surface area contributed by atoms with Crippen LogP contribution < -0.4 is 0 Å². The van der Waals surface area contributed by atoms with Gasteiger partial charge < -0.3 is 5.11 Å². The summed E-state index contributed by atoms with van der Waals surface area (Å²) in [5, 5.41) is 9.63. The lowest BCUT2D eigenvalue weighted by Crippen LogP contribution is -2.53. The zero-order valence-corrected chi connectivity index (χ0v) is 18.8. The molecule has 0 fully saturated rings. The molecule has 0 aliphatic carbocycles. The van der Waals surface area contributed by atoms with Gasteiger partial charge in [0.25, 0.3) is 0 Å². The second-order valence-electron chi connectivity index (χ2n) is 8.71. The molecule has 1 aliphatic heterocycles. The van der Waals surface area contributed by atoms with Gasteiger partial charge in [0.2, 0.25) is 5.84 Å². The van der Waals surface area contributed by atoms with E-state index in [2.05, 4.69) is 11.9 Å². The minimum absolute atomic E-state index is 0.327. The predicted molar refractivity (Wildman–Crippen MR) is 119 cm³/mol. The summed E-state index contributed by atoms with van der Waals surface area (Å²) in [5.74, 6) is 0.155. The molecule has 1 aliphatic rings. The number of carboxylic acids is 1. The molecule has 4 heteroatoms. The summed E-state index contributed by atoms with van der Waals surface area (Å²) in [6.45, 7) is 4.19. The van der Waals surface area contributed by atoms with Crippen LogP contribution in [-0.4, -0.2) is 34.5 Å². The molecule has 1 rings (SSSR count). The molecule has 162 valence electrons. The van der Waals surface area contributed by atoms with Crippen LogP contribution in [0.2, 0.25) is 0 Å². The average Bonchev–Trinajstić information content (AvgIpc) is 3.00. The van der Waals surface area contributed by atoms with E-state index in [0.717, 1.165) is 25.1 Å². The topological polar surface area (TPSA) is 49.7 Å². The van der Waals surface area contributed by atoms with E-state index in [4.69, 9.17) is 0 Å². The number of quaternary nitrogens is 1. The summed E-state index contributed by atoms with van der Waals surface area (Å²) < 4.78 is 0.327. The summed E-state index contributed by atoms with van der Waals surface area (Å²) in [7, 11) is 1.95. The molecule has 28 heavy (non-hydrogen) atoms. The quantitative estimate of drug-likeness (QED) is 0.200. The van der Waals surface area contributed by atoms with Gasteiger partial charge in [0.1, 0.15) is 6.20 Å². The van der Waals surface area contributed by atoms with Crippen molar-refractivity contribution < 1.29 is 14.4 Å². The number of hydrogen-bond acceptors (Lipinski definition) is 2. The highest BCUT2D eigenvalue weighted by Crippen LogP contribution is 2.24. The number of carbonyl (C=O) groups is 1. The monoisotopic (exact) mass is 393 g/mol. The van der Waals surface area contributed by atoms with Gasteiger partial charge in [-0.05, 0) is 6.42 Å². The molecule has 0 aromatic heterocycles. The van der Waals surface area contributed by atoms with Crippen LogP contribution in [0.1, 0.15) is 117 Å². The molecule has 2 atom stereocenters. The first kappa shape index (κ1) is 24.9. The van der Waals surface area contributed by atoms with Crippen molar-refractivity contribution in [1.29, 1.82) is 0 Å². The Morgan fingerprint density at radius 3 is 1.68 bits per heavy atom. The third-order valence-electron chi connectivity index (χ3n) is 6.35. The normalized spacial score (nSPS) is 19.8. The zero-order chi connectivity index (χ0) is 20.7. The number of aliphatic carboxylic acids is 1. The van der Waals surface area contributed by atoms with Crippen LogP contribution in [0.3, 0.4) is 0 Å². The van der Waals surface area contributed by atoms with Crippen LogP contribution in [0.25, 0.3) is 0 Å². The van der Waals surface area contributed by atoms with Gasteiger partial charge in [-0.1, -0.05) is 96.8 Å². The number of nitrogens with zero attached hydrogens (tertiary/aromatic N) is 2. The number of hydrogen-bond donors (Lipinski definition) is 1. The lowest BCUT2D eigenvalue weighted by atomic mass is 10.0. The van der Waals surface area contributed by atoms with Gasteiger partial charge in [0, 0.05) is 13.3 Å². The Kier molecular flexibility index (Phi) is 13.1. The molecule has 1 N–H and O–H groups in total. The van der Waals surface area contributed by atoms with Gasteiger partial charge in [-0.3, -0.25) is 0 Å². The van der Waals surface area contributed by atoms with Gasteiger partial charge in [-0.25, -0.2) is 14.3 Å². The first-order valence-corrected chi connectivity index (χ1v) is 11.8. The van der Waals surface area contributed by atoms with E-state index in [0.29, 0.717) is 4.48 Å². The summed E-state index contributed by atoms with van der Waals surface area (Å²) >= 11 is 0. The van der Waals surface area contributed by atoms with E-state index in [1.807, 2.05) is 20.2 Å². The summed E-state index contributed by atoms with van der Waals surface area (Å²) in [6, 6.07) is -0.413. The van der Waals surface area contributed by atoms with Gasteiger partial charge in [0.15, 0.2) is 6.04 Å². The largest absolute Gasteiger partial charge is 0.477 e. The molecule has 0 aromatic rings. The highest BCUT2D eigenvalue weighted by Gasteiger charge is 2.41. The molecule has 0 bridgehead atoms. The van der Waals surface area contributed by atoms with Crippen LogP contribution in [-0.2, 0) is 4.79 Å². The lowest BCUT2D eigenvalue weighted by molar-refractivity contribution is -0.784. The fourth-order valence-electron chi connectivity index (χ4n) is 4.17. The lowest BCUT2D eigenvalue weighted by Gasteiger charge is -2.32. The molecule has 4 nitrogen and oxygen atoms in total. The van der Waals surface area contributed by atoms with E-state index >= 15 is 0 Å². The number of amidine groups is 1. The summed E-state index contributed by atoms with van der Waals surface area (Å²) in [4.78, 5) is 16.0. The molecule has 0 amide bonds. The molecular weight excluding hydrogens is 348 g/mol. The molecule has 0 aromatic carbocycles. The van der Waals surface area contributed by atoms with E-state index in [1.165, 1.54) is 83.5 Å². The van der Waals surface area contributed by atoms with E-state index in [-0.39, 0.29) is 0 Å². The fraction of sp³-hybridized carbons (Fsp3) is 0.833. The van der Waals surface area contributed by atoms with Crippen LogP contribution in [0, 0.1) is 0 Å². The number of rotatable bonds is 18. The second kappa shape index (κ2) is 14.8. The summed E-state index contributed by atoms with van der Waals surface area (Å²) in [6.07, 6.45) is 24.4. The van der Waals surface area contributed by atoms with Gasteiger partial charge in [0.05, 0.1) is 13.2 Å². The number of unbranched alkanes of at least 4 members (excludes halogenated alkanes) is 14. The Labute approximate surface area is 173 Å². The molecule has 0 saturated carbocycles. The number of aliphatic imine (C=N–C) groups is 1. The number of likely N-dealkylation sites (N-methyl/N-ethyl adjacent to an activating group) is 1. The van der Waals surface area contributed by atoms with Crippen molar-refractivity contribution in [2.24, 2.45) is 4.99 Å². The maximum Gasteiger partial charge on any atom is 0.363 e.